The maximum Gasteiger partial charge on any atom is 0.219 e. The average molecular weight is 209 g/mol. The summed E-state index contributed by atoms with van der Waals surface area (Å²) in [6.45, 7) is 0. The average Bonchev–Trinajstić information content (AvgIpc) is 2.48. The van der Waals surface area contributed by atoms with E-state index in [1.807, 2.05) is 24.4 Å². The van der Waals surface area contributed by atoms with Crippen LogP contribution in [0.4, 0.5) is 0 Å². The minimum atomic E-state index is 0.132. The highest BCUT2D eigenvalue weighted by Crippen LogP contribution is 2.16. The molecule has 2 aliphatic rings. The van der Waals surface area contributed by atoms with Crippen molar-refractivity contribution in [2.45, 2.75) is 0 Å². The van der Waals surface area contributed by atoms with Crippen molar-refractivity contribution >= 4 is 23.9 Å². The summed E-state index contributed by atoms with van der Waals surface area (Å²) >= 11 is 0. The van der Waals surface area contributed by atoms with E-state index in [0.29, 0.717) is 5.96 Å². The molecule has 0 fully saturated rings. The molecule has 0 bridgehead atoms. The summed E-state index contributed by atoms with van der Waals surface area (Å²) in [6, 6.07) is 8.18. The van der Waals surface area contributed by atoms with Crippen molar-refractivity contribution in [1.29, 1.82) is 0 Å². The van der Waals surface area contributed by atoms with E-state index < -0.39 is 0 Å². The van der Waals surface area contributed by atoms with Gasteiger partial charge < -0.3 is 5.73 Å². The van der Waals surface area contributed by atoms with Gasteiger partial charge in [0.1, 0.15) is 0 Å². The molecule has 0 aromatic heterocycles. The van der Waals surface area contributed by atoms with Crippen molar-refractivity contribution in [3.8, 4) is 0 Å². The zero-order chi connectivity index (χ0) is 11.0. The van der Waals surface area contributed by atoms with Crippen molar-refractivity contribution in [1.82, 2.24) is 0 Å². The van der Waals surface area contributed by atoms with E-state index in [4.69, 9.17) is 5.73 Å². The Morgan fingerprint density at radius 3 is 3.00 bits per heavy atom. The number of fused-ring (bicyclic) bond motifs is 2. The first-order valence-corrected chi connectivity index (χ1v) is 5.21. The summed E-state index contributed by atoms with van der Waals surface area (Å²) in [7, 11) is 0. The van der Waals surface area contributed by atoms with Gasteiger partial charge in [0.15, 0.2) is 0 Å². The van der Waals surface area contributed by atoms with Crippen molar-refractivity contribution in [3.63, 3.8) is 0 Å². The van der Waals surface area contributed by atoms with Gasteiger partial charge in [0.25, 0.3) is 0 Å². The Kier molecular flexibility index (Phi) is 1.96. The summed E-state index contributed by atoms with van der Waals surface area (Å²) in [5, 5.41) is 2.30. The van der Waals surface area contributed by atoms with Crippen LogP contribution in [-0.2, 0) is 0 Å². The lowest BCUT2D eigenvalue weighted by molar-refractivity contribution is 1.11. The van der Waals surface area contributed by atoms with E-state index in [9.17, 15) is 0 Å². The highest BCUT2D eigenvalue weighted by molar-refractivity contribution is 5.97. The molecule has 1 aromatic rings. The number of nitrogens with zero attached hydrogens (tertiary/aromatic N) is 2. The second-order valence-electron chi connectivity index (χ2n) is 3.80. The van der Waals surface area contributed by atoms with Crippen LogP contribution in [0.15, 0.2) is 46.4 Å². The second-order valence-corrected chi connectivity index (χ2v) is 3.80. The molecule has 0 amide bonds. The summed E-state index contributed by atoms with van der Waals surface area (Å²) in [5.41, 5.74) is 6.63. The fourth-order valence-corrected chi connectivity index (χ4v) is 1.99. The molecule has 0 spiro atoms. The van der Waals surface area contributed by atoms with Gasteiger partial charge in [-0.05, 0) is 5.22 Å². The predicted molar refractivity (Wildman–Crippen MR) is 66.3 cm³/mol. The van der Waals surface area contributed by atoms with E-state index in [-0.39, 0.29) is 5.92 Å². The van der Waals surface area contributed by atoms with E-state index in [1.54, 1.807) is 0 Å². The van der Waals surface area contributed by atoms with Crippen molar-refractivity contribution in [2.75, 3.05) is 0 Å². The van der Waals surface area contributed by atoms with E-state index >= 15 is 0 Å². The maximum absolute atomic E-state index is 5.65. The van der Waals surface area contributed by atoms with Crippen LogP contribution in [0.3, 0.4) is 0 Å². The number of aliphatic imine (C=N–C) groups is 2. The molecule has 0 saturated heterocycles. The number of hydrogen-bond donors (Lipinski definition) is 1. The molecule has 3 nitrogen and oxygen atoms in total. The Hall–Kier alpha value is -2.16. The lowest BCUT2D eigenvalue weighted by atomic mass is 10.0. The Bertz CT molecular complexity index is 635. The summed E-state index contributed by atoms with van der Waals surface area (Å²) < 4.78 is 0. The van der Waals surface area contributed by atoms with Crippen LogP contribution in [0.25, 0.3) is 11.8 Å². The van der Waals surface area contributed by atoms with Gasteiger partial charge in [0.05, 0.1) is 11.6 Å². The smallest absolute Gasteiger partial charge is 0.219 e. The number of nitrogens with two attached hydrogens (primary N) is 1. The Morgan fingerprint density at radius 2 is 2.06 bits per heavy atom. The molecule has 78 valence electrons. The number of rotatable bonds is 0. The third-order valence-corrected chi connectivity index (χ3v) is 2.75. The van der Waals surface area contributed by atoms with E-state index in [0.717, 1.165) is 10.9 Å². The summed E-state index contributed by atoms with van der Waals surface area (Å²) in [4.78, 5) is 8.39. The molecule has 3 rings (SSSR count). The number of hydrogen-bond acceptors (Lipinski definition) is 3. The molecule has 0 saturated carbocycles. The molecule has 16 heavy (non-hydrogen) atoms. The second kappa shape index (κ2) is 3.45. The molecule has 3 heteroatoms. The zero-order valence-electron chi connectivity index (χ0n) is 8.67. The number of guanidine groups is 1. The number of benzene rings is 1. The largest absolute Gasteiger partial charge is 0.368 e. The topological polar surface area (TPSA) is 50.7 Å². The lowest BCUT2D eigenvalue weighted by Crippen LogP contribution is -2.29. The van der Waals surface area contributed by atoms with Gasteiger partial charge in [-0.15, -0.1) is 0 Å². The van der Waals surface area contributed by atoms with Crippen molar-refractivity contribution < 1.29 is 0 Å². The molecule has 2 N–H and O–H groups in total. The maximum atomic E-state index is 5.65. The predicted octanol–water partition coefficient (Wildman–Crippen LogP) is 0.160. The summed E-state index contributed by atoms with van der Waals surface area (Å²) in [5.74, 6) is 0.462. The van der Waals surface area contributed by atoms with Crippen LogP contribution in [0.1, 0.15) is 0 Å². The fraction of sp³-hybridized carbons (Fsp3) is 0.0769. The van der Waals surface area contributed by atoms with Crippen LogP contribution < -0.4 is 16.2 Å². The van der Waals surface area contributed by atoms with Crippen LogP contribution in [-0.4, -0.2) is 12.2 Å². The highest BCUT2D eigenvalue weighted by atomic mass is 15.1. The fourth-order valence-electron chi connectivity index (χ4n) is 1.99. The standard InChI is InChI=1S/C13H11N3/c14-13-15-8-10-6-3-5-9-4-1-2-7-11(9)12(10)16-13/h1-8,10H,(H2,14,16). The van der Waals surface area contributed by atoms with Crippen LogP contribution in [0.5, 0.6) is 0 Å². The van der Waals surface area contributed by atoms with Gasteiger partial charge in [0.2, 0.25) is 5.96 Å². The zero-order valence-corrected chi connectivity index (χ0v) is 8.67. The molecule has 1 aliphatic heterocycles. The minimum absolute atomic E-state index is 0.132. The van der Waals surface area contributed by atoms with E-state index in [2.05, 4.69) is 34.3 Å². The van der Waals surface area contributed by atoms with Gasteiger partial charge in [-0.25, -0.2) is 9.98 Å². The van der Waals surface area contributed by atoms with Gasteiger partial charge in [-0.1, -0.05) is 42.5 Å². The molecule has 1 aliphatic carbocycles. The Morgan fingerprint density at radius 1 is 1.19 bits per heavy atom. The molecular formula is C13H11N3. The first-order chi connectivity index (χ1) is 7.84. The quantitative estimate of drug-likeness (QED) is 0.650. The lowest BCUT2D eigenvalue weighted by Gasteiger charge is -2.12. The molecule has 1 unspecified atom stereocenters. The van der Waals surface area contributed by atoms with Crippen molar-refractivity contribution in [2.24, 2.45) is 21.6 Å². The normalized spacial score (nSPS) is 21.6. The Balaban J connectivity index is 2.41. The minimum Gasteiger partial charge on any atom is -0.368 e. The third kappa shape index (κ3) is 1.37. The molecule has 1 atom stereocenters. The van der Waals surface area contributed by atoms with Gasteiger partial charge in [0, 0.05) is 11.4 Å². The van der Waals surface area contributed by atoms with Gasteiger partial charge in [-0.3, -0.25) is 0 Å². The monoisotopic (exact) mass is 209 g/mol. The molecule has 1 aromatic carbocycles. The number of allylic oxidation sites excluding steroid dienone is 1. The summed E-state index contributed by atoms with van der Waals surface area (Å²) in [6.07, 6.45) is 8.04. The third-order valence-electron chi connectivity index (χ3n) is 2.75. The van der Waals surface area contributed by atoms with Crippen LogP contribution >= 0.6 is 0 Å². The molecule has 0 radical (unpaired) electrons. The first kappa shape index (κ1) is 9.09. The molecular weight excluding hydrogens is 198 g/mol. The van der Waals surface area contributed by atoms with Crippen molar-refractivity contribution in [3.05, 3.63) is 46.9 Å². The Labute approximate surface area is 93.0 Å². The SMILES string of the molecule is NC1=NC2=c3ccccc3=CC=CC2C=N1. The van der Waals surface area contributed by atoms with Gasteiger partial charge >= 0.3 is 0 Å². The van der Waals surface area contributed by atoms with E-state index in [1.165, 1.54) is 5.22 Å². The van der Waals surface area contributed by atoms with Crippen LogP contribution in [0.2, 0.25) is 0 Å². The van der Waals surface area contributed by atoms with Crippen LogP contribution in [0, 0.1) is 5.92 Å². The highest BCUT2D eigenvalue weighted by Gasteiger charge is 2.15. The van der Waals surface area contributed by atoms with Gasteiger partial charge in [-0.2, -0.15) is 0 Å². The first-order valence-electron chi connectivity index (χ1n) is 5.21. The molecule has 1 heterocycles.